The summed E-state index contributed by atoms with van der Waals surface area (Å²) in [5.74, 6) is -1.50. The highest BCUT2D eigenvalue weighted by Crippen LogP contribution is 2.20. The van der Waals surface area contributed by atoms with E-state index in [4.69, 9.17) is 5.11 Å². The number of nitrogens with one attached hydrogen (secondary N) is 1. The molecule has 0 aromatic heterocycles. The van der Waals surface area contributed by atoms with Gasteiger partial charge < -0.3 is 15.3 Å². The Morgan fingerprint density at radius 2 is 1.92 bits per heavy atom. The number of likely N-dealkylation sites (tertiary alicyclic amines) is 1. The summed E-state index contributed by atoms with van der Waals surface area (Å²) in [6.45, 7) is 4.22. The van der Waals surface area contributed by atoms with Crippen LogP contribution in [0.4, 0.5) is 0 Å². The number of benzene rings is 1. The van der Waals surface area contributed by atoms with Crippen LogP contribution >= 0.6 is 0 Å². The first kappa shape index (κ1) is 18.0. The van der Waals surface area contributed by atoms with Crippen molar-refractivity contribution in [3.63, 3.8) is 0 Å². The molecule has 0 saturated carbocycles. The number of aliphatic carboxylic acids is 1. The Hall–Kier alpha value is -2.37. The van der Waals surface area contributed by atoms with E-state index in [-0.39, 0.29) is 24.3 Å². The summed E-state index contributed by atoms with van der Waals surface area (Å²) < 4.78 is 0. The summed E-state index contributed by atoms with van der Waals surface area (Å²) in [6.07, 6.45) is 1.47. The van der Waals surface area contributed by atoms with Gasteiger partial charge in [0.2, 0.25) is 5.91 Å². The fourth-order valence-corrected chi connectivity index (χ4v) is 2.67. The van der Waals surface area contributed by atoms with Gasteiger partial charge in [0.1, 0.15) is 0 Å². The lowest BCUT2D eigenvalue weighted by molar-refractivity contribution is -0.146. The molecule has 0 spiro atoms. The van der Waals surface area contributed by atoms with Crippen LogP contribution < -0.4 is 5.32 Å². The summed E-state index contributed by atoms with van der Waals surface area (Å²) in [6, 6.07) is 9.01. The molecule has 1 aromatic carbocycles. The second-order valence-electron chi connectivity index (χ2n) is 6.86. The predicted molar refractivity (Wildman–Crippen MR) is 89.5 cm³/mol. The van der Waals surface area contributed by atoms with Crippen molar-refractivity contribution in [2.45, 2.75) is 26.7 Å². The fraction of sp³-hybridized carbons (Fsp3) is 0.500. The molecule has 1 unspecified atom stereocenters. The molecule has 1 fully saturated rings. The fourth-order valence-electron chi connectivity index (χ4n) is 2.67. The summed E-state index contributed by atoms with van der Waals surface area (Å²) in [5, 5.41) is 11.8. The Kier molecular flexibility index (Phi) is 5.59. The van der Waals surface area contributed by atoms with Crippen LogP contribution in [0.25, 0.3) is 0 Å². The summed E-state index contributed by atoms with van der Waals surface area (Å²) in [7, 11) is 0. The topological polar surface area (TPSA) is 86.7 Å². The summed E-state index contributed by atoms with van der Waals surface area (Å²) in [4.78, 5) is 37.6. The van der Waals surface area contributed by atoms with Crippen LogP contribution in [0.3, 0.4) is 0 Å². The van der Waals surface area contributed by atoms with Crippen molar-refractivity contribution < 1.29 is 19.5 Å². The van der Waals surface area contributed by atoms with Gasteiger partial charge in [-0.25, -0.2) is 0 Å². The molecule has 0 radical (unpaired) electrons. The number of carboxylic acids is 1. The van der Waals surface area contributed by atoms with Gasteiger partial charge in [-0.05, 0) is 38.8 Å². The molecule has 1 heterocycles. The molecule has 2 rings (SSSR count). The van der Waals surface area contributed by atoms with Gasteiger partial charge in [0.05, 0.1) is 11.3 Å². The molecule has 6 nitrogen and oxygen atoms in total. The minimum Gasteiger partial charge on any atom is -0.481 e. The minimum atomic E-state index is -1.01. The molecule has 1 aliphatic rings. The molecule has 24 heavy (non-hydrogen) atoms. The first-order chi connectivity index (χ1) is 11.3. The lowest BCUT2D eigenvalue weighted by atomic mass is 9.92. The standard InChI is InChI=1S/C18H24N2O4/c1-18(2,17(23)24)12-19-15(21)14-9-6-10-20(11-14)16(22)13-7-4-3-5-8-13/h3-5,7-8,14H,6,9-12H2,1-2H3,(H,19,21)(H,23,24). The third-order valence-electron chi connectivity index (χ3n) is 4.38. The van der Waals surface area contributed by atoms with E-state index >= 15 is 0 Å². The van der Waals surface area contributed by atoms with Gasteiger partial charge in [0.15, 0.2) is 0 Å². The molecule has 130 valence electrons. The smallest absolute Gasteiger partial charge is 0.310 e. The van der Waals surface area contributed by atoms with E-state index in [1.165, 1.54) is 0 Å². The van der Waals surface area contributed by atoms with E-state index in [0.717, 1.165) is 6.42 Å². The van der Waals surface area contributed by atoms with Gasteiger partial charge in [-0.15, -0.1) is 0 Å². The Morgan fingerprint density at radius 1 is 1.25 bits per heavy atom. The van der Waals surface area contributed by atoms with E-state index in [1.54, 1.807) is 30.9 Å². The maximum atomic E-state index is 12.5. The van der Waals surface area contributed by atoms with Gasteiger partial charge in [-0.1, -0.05) is 18.2 Å². The van der Waals surface area contributed by atoms with Crippen molar-refractivity contribution in [1.82, 2.24) is 10.2 Å². The van der Waals surface area contributed by atoms with Crippen LogP contribution in [0.1, 0.15) is 37.0 Å². The molecule has 1 saturated heterocycles. The quantitative estimate of drug-likeness (QED) is 0.860. The van der Waals surface area contributed by atoms with Crippen molar-refractivity contribution in [2.75, 3.05) is 19.6 Å². The normalized spacial score (nSPS) is 18.1. The van der Waals surface area contributed by atoms with Crippen LogP contribution in [0.2, 0.25) is 0 Å². The SMILES string of the molecule is CC(C)(CNC(=O)C1CCCN(C(=O)c2ccccc2)C1)C(=O)O. The van der Waals surface area contributed by atoms with Gasteiger partial charge in [-0.3, -0.25) is 14.4 Å². The number of rotatable bonds is 5. The first-order valence-electron chi connectivity index (χ1n) is 8.17. The number of carboxylic acid groups (broad SMARTS) is 1. The van der Waals surface area contributed by atoms with E-state index in [0.29, 0.717) is 25.1 Å². The lowest BCUT2D eigenvalue weighted by Gasteiger charge is -2.32. The molecule has 1 aliphatic heterocycles. The first-order valence-corrected chi connectivity index (χ1v) is 8.17. The van der Waals surface area contributed by atoms with Crippen molar-refractivity contribution in [3.05, 3.63) is 35.9 Å². The van der Waals surface area contributed by atoms with Crippen LogP contribution in [0.15, 0.2) is 30.3 Å². The number of nitrogens with zero attached hydrogens (tertiary/aromatic N) is 1. The molecule has 1 aromatic rings. The maximum Gasteiger partial charge on any atom is 0.310 e. The van der Waals surface area contributed by atoms with Crippen LogP contribution in [-0.2, 0) is 9.59 Å². The van der Waals surface area contributed by atoms with Crippen molar-refractivity contribution in [1.29, 1.82) is 0 Å². The van der Waals surface area contributed by atoms with Crippen molar-refractivity contribution in [2.24, 2.45) is 11.3 Å². The largest absolute Gasteiger partial charge is 0.481 e. The average molecular weight is 332 g/mol. The summed E-state index contributed by atoms with van der Waals surface area (Å²) >= 11 is 0. The van der Waals surface area contributed by atoms with Crippen molar-refractivity contribution in [3.8, 4) is 0 Å². The molecular weight excluding hydrogens is 308 g/mol. The zero-order valence-corrected chi connectivity index (χ0v) is 14.1. The van der Waals surface area contributed by atoms with E-state index in [9.17, 15) is 14.4 Å². The third-order valence-corrected chi connectivity index (χ3v) is 4.38. The second kappa shape index (κ2) is 7.47. The van der Waals surface area contributed by atoms with Gasteiger partial charge >= 0.3 is 5.97 Å². The molecule has 6 heteroatoms. The van der Waals surface area contributed by atoms with Crippen molar-refractivity contribution >= 4 is 17.8 Å². The van der Waals surface area contributed by atoms with Gasteiger partial charge in [-0.2, -0.15) is 0 Å². The van der Waals surface area contributed by atoms with E-state index in [2.05, 4.69) is 5.32 Å². The Balaban J connectivity index is 1.94. The monoisotopic (exact) mass is 332 g/mol. The number of amides is 2. The van der Waals surface area contributed by atoms with Gasteiger partial charge in [0.25, 0.3) is 5.91 Å². The van der Waals surface area contributed by atoms with Crippen LogP contribution in [-0.4, -0.2) is 47.4 Å². The number of hydrogen-bond donors (Lipinski definition) is 2. The lowest BCUT2D eigenvalue weighted by Crippen LogP contribution is -2.47. The second-order valence-corrected chi connectivity index (χ2v) is 6.86. The molecule has 0 aliphatic carbocycles. The zero-order valence-electron chi connectivity index (χ0n) is 14.1. The predicted octanol–water partition coefficient (Wildman–Crippen LogP) is 1.77. The van der Waals surface area contributed by atoms with Gasteiger partial charge in [0, 0.05) is 25.2 Å². The highest BCUT2D eigenvalue weighted by atomic mass is 16.4. The number of hydrogen-bond acceptors (Lipinski definition) is 3. The molecular formula is C18H24N2O4. The maximum absolute atomic E-state index is 12.5. The molecule has 1 atom stereocenters. The molecule has 2 N–H and O–H groups in total. The number of piperidine rings is 1. The van der Waals surface area contributed by atoms with Crippen LogP contribution in [0.5, 0.6) is 0 Å². The third kappa shape index (κ3) is 4.34. The average Bonchev–Trinajstić information content (AvgIpc) is 2.59. The Labute approximate surface area is 141 Å². The Bertz CT molecular complexity index is 613. The van der Waals surface area contributed by atoms with E-state index < -0.39 is 11.4 Å². The van der Waals surface area contributed by atoms with Crippen LogP contribution in [0, 0.1) is 11.3 Å². The Morgan fingerprint density at radius 3 is 2.54 bits per heavy atom. The minimum absolute atomic E-state index is 0.0704. The zero-order chi connectivity index (χ0) is 17.7. The highest BCUT2D eigenvalue weighted by molar-refractivity contribution is 5.94. The number of carbonyl (C=O) groups is 3. The summed E-state index contributed by atoms with van der Waals surface area (Å²) in [5.41, 5.74) is -0.394. The van der Waals surface area contributed by atoms with E-state index in [1.807, 2.05) is 18.2 Å². The number of carbonyl (C=O) groups excluding carboxylic acids is 2. The highest BCUT2D eigenvalue weighted by Gasteiger charge is 2.32. The molecule has 2 amide bonds. The molecule has 0 bridgehead atoms.